The molecule has 0 atom stereocenters. The molecule has 12 heavy (non-hydrogen) atoms. The van der Waals surface area contributed by atoms with E-state index >= 15 is 0 Å². The minimum atomic E-state index is -0.537. The standard InChI is InChI=1S/C9H26Si3/c1-4-5-6-7-8-9-12(2,3)11-10/h4-9,11H2,1-3,10H3. The fraction of sp³-hybridized carbons (Fsp3) is 1.00. The second kappa shape index (κ2) is 7.09. The van der Waals surface area contributed by atoms with Crippen LogP contribution in [0.4, 0.5) is 0 Å². The van der Waals surface area contributed by atoms with Crippen LogP contribution in [0, 0.1) is 0 Å². The van der Waals surface area contributed by atoms with Gasteiger partial charge in [0.2, 0.25) is 0 Å². The van der Waals surface area contributed by atoms with E-state index in [4.69, 9.17) is 0 Å². The first-order chi connectivity index (χ1) is 5.62. The molecule has 0 heterocycles. The van der Waals surface area contributed by atoms with Crippen molar-refractivity contribution in [2.45, 2.75) is 58.2 Å². The van der Waals surface area contributed by atoms with Crippen LogP contribution in [-0.4, -0.2) is 25.9 Å². The molecule has 0 unspecified atom stereocenters. The van der Waals surface area contributed by atoms with Crippen LogP contribution >= 0.6 is 0 Å². The van der Waals surface area contributed by atoms with E-state index in [2.05, 4.69) is 20.0 Å². The lowest BCUT2D eigenvalue weighted by Crippen LogP contribution is -2.34. The first kappa shape index (κ1) is 12.7. The molecule has 0 aliphatic rings. The Morgan fingerprint density at radius 1 is 1.08 bits per heavy atom. The van der Waals surface area contributed by atoms with E-state index in [1.165, 1.54) is 25.7 Å². The van der Waals surface area contributed by atoms with Crippen molar-refractivity contribution in [3.05, 3.63) is 0 Å². The highest BCUT2D eigenvalue weighted by atomic mass is 29.5. The Morgan fingerprint density at radius 3 is 2.17 bits per heavy atom. The molecule has 0 aliphatic carbocycles. The van der Waals surface area contributed by atoms with Gasteiger partial charge in [-0.2, -0.15) is 0 Å². The van der Waals surface area contributed by atoms with Crippen LogP contribution < -0.4 is 0 Å². The van der Waals surface area contributed by atoms with Crippen molar-refractivity contribution >= 4 is 25.9 Å². The van der Waals surface area contributed by atoms with E-state index in [0.29, 0.717) is 8.55 Å². The van der Waals surface area contributed by atoms with Gasteiger partial charge in [0.1, 0.15) is 0 Å². The number of hydrogen-bond donors (Lipinski definition) is 0. The molecular formula is C9H26Si3. The summed E-state index contributed by atoms with van der Waals surface area (Å²) in [5.74, 6) is 0. The van der Waals surface area contributed by atoms with Gasteiger partial charge in [-0.15, -0.1) is 0 Å². The highest BCUT2D eigenvalue weighted by Gasteiger charge is 2.16. The first-order valence-corrected chi connectivity index (χ1v) is 16.8. The van der Waals surface area contributed by atoms with Crippen LogP contribution in [-0.2, 0) is 0 Å². The van der Waals surface area contributed by atoms with E-state index in [9.17, 15) is 0 Å². The van der Waals surface area contributed by atoms with Gasteiger partial charge in [0.05, 0.1) is 0 Å². The van der Waals surface area contributed by atoms with Crippen LogP contribution in [0.5, 0.6) is 0 Å². The fourth-order valence-electron chi connectivity index (χ4n) is 1.38. The second-order valence-corrected chi connectivity index (χ2v) is 24.4. The van der Waals surface area contributed by atoms with Crippen molar-refractivity contribution < 1.29 is 0 Å². The molecule has 0 amide bonds. The highest BCUT2D eigenvalue weighted by molar-refractivity contribution is 7.39. The summed E-state index contributed by atoms with van der Waals surface area (Å²) >= 11 is 0. The monoisotopic (exact) mass is 218 g/mol. The zero-order valence-corrected chi connectivity index (χ0v) is 13.9. The van der Waals surface area contributed by atoms with Gasteiger partial charge in [0.15, 0.2) is 0 Å². The molecule has 0 N–H and O–H groups in total. The number of rotatable bonds is 7. The van der Waals surface area contributed by atoms with Gasteiger partial charge in [-0.25, -0.2) is 0 Å². The van der Waals surface area contributed by atoms with E-state index in [1.54, 1.807) is 22.2 Å². The lowest BCUT2D eigenvalue weighted by atomic mass is 10.2. The van der Waals surface area contributed by atoms with Gasteiger partial charge < -0.3 is 0 Å². The van der Waals surface area contributed by atoms with Crippen LogP contribution in [0.3, 0.4) is 0 Å². The Balaban J connectivity index is 3.19. The molecule has 3 heteroatoms. The average molecular weight is 219 g/mol. The zero-order chi connectivity index (χ0) is 9.45. The summed E-state index contributed by atoms with van der Waals surface area (Å²) in [6.07, 6.45) is 7.40. The van der Waals surface area contributed by atoms with Crippen LogP contribution in [0.25, 0.3) is 0 Å². The fourth-order valence-corrected chi connectivity index (χ4v) is 7.94. The van der Waals surface area contributed by atoms with Crippen LogP contribution in [0.2, 0.25) is 19.1 Å². The molecule has 0 fully saturated rings. The van der Waals surface area contributed by atoms with Crippen LogP contribution in [0.1, 0.15) is 39.0 Å². The predicted molar refractivity (Wildman–Crippen MR) is 69.5 cm³/mol. The predicted octanol–water partition coefficient (Wildman–Crippen LogP) is 1.61. The summed E-state index contributed by atoms with van der Waals surface area (Å²) in [6, 6.07) is 1.65. The molecule has 74 valence electrons. The minimum Gasteiger partial charge on any atom is -0.0720 e. The zero-order valence-electron chi connectivity index (χ0n) is 9.45. The van der Waals surface area contributed by atoms with Gasteiger partial charge in [-0.3, -0.25) is 0 Å². The number of unbranched alkanes of at least 4 members (excludes halogenated alkanes) is 4. The van der Waals surface area contributed by atoms with Crippen molar-refractivity contribution in [2.75, 3.05) is 0 Å². The molecule has 0 radical (unpaired) electrons. The van der Waals surface area contributed by atoms with Crippen molar-refractivity contribution in [2.24, 2.45) is 0 Å². The van der Waals surface area contributed by atoms with Gasteiger partial charge in [0, 0.05) is 16.1 Å². The van der Waals surface area contributed by atoms with E-state index in [-0.39, 0.29) is 0 Å². The molecule has 0 aromatic heterocycles. The molecular weight excluding hydrogens is 192 g/mol. The third kappa shape index (κ3) is 7.31. The van der Waals surface area contributed by atoms with Crippen molar-refractivity contribution in [1.82, 2.24) is 0 Å². The van der Waals surface area contributed by atoms with Gasteiger partial charge in [0.25, 0.3) is 0 Å². The maximum atomic E-state index is 2.62. The van der Waals surface area contributed by atoms with Gasteiger partial charge in [-0.1, -0.05) is 58.2 Å². The lowest BCUT2D eigenvalue weighted by Gasteiger charge is -2.19. The molecule has 0 bridgehead atoms. The van der Waals surface area contributed by atoms with E-state index in [1.807, 2.05) is 0 Å². The van der Waals surface area contributed by atoms with Crippen molar-refractivity contribution in [1.29, 1.82) is 0 Å². The summed E-state index contributed by atoms with van der Waals surface area (Å²) < 4.78 is 0. The van der Waals surface area contributed by atoms with E-state index in [0.717, 1.165) is 0 Å². The molecule has 0 aromatic rings. The third-order valence-corrected chi connectivity index (χ3v) is 30.6. The molecule has 0 saturated heterocycles. The second-order valence-electron chi connectivity index (χ2n) is 4.68. The maximum absolute atomic E-state index is 2.62. The maximum Gasteiger partial charge on any atom is 0.0306 e. The minimum absolute atomic E-state index is 0.480. The molecule has 0 saturated carbocycles. The first-order valence-electron chi connectivity index (χ1n) is 5.62. The van der Waals surface area contributed by atoms with Gasteiger partial charge >= 0.3 is 0 Å². The van der Waals surface area contributed by atoms with Crippen molar-refractivity contribution in [3.63, 3.8) is 0 Å². The molecule has 0 rings (SSSR count). The summed E-state index contributed by atoms with van der Waals surface area (Å²) in [5.41, 5.74) is 0. The van der Waals surface area contributed by atoms with Gasteiger partial charge in [-0.05, 0) is 9.76 Å². The topological polar surface area (TPSA) is 0 Å². The normalized spacial score (nSPS) is 13.2. The summed E-state index contributed by atoms with van der Waals surface area (Å²) in [7, 11) is 1.51. The quantitative estimate of drug-likeness (QED) is 0.450. The smallest absolute Gasteiger partial charge is 0.0306 e. The molecule has 0 spiro atoms. The Labute approximate surface area is 84.4 Å². The molecule has 0 aliphatic heterocycles. The average Bonchev–Trinajstić information content (AvgIpc) is 2.04. The van der Waals surface area contributed by atoms with Crippen LogP contribution in [0.15, 0.2) is 0 Å². The SMILES string of the molecule is CCCCCCC[Si](C)(C)[SiH2][SiH3]. The van der Waals surface area contributed by atoms with E-state index < -0.39 is 7.59 Å². The number of hydrogen-bond acceptors (Lipinski definition) is 0. The molecule has 0 nitrogen and oxygen atoms in total. The van der Waals surface area contributed by atoms with Crippen molar-refractivity contribution in [3.8, 4) is 0 Å². The Bertz CT molecular complexity index is 102. The largest absolute Gasteiger partial charge is 0.0720 e. The summed E-state index contributed by atoms with van der Waals surface area (Å²) in [4.78, 5) is 0. The third-order valence-electron chi connectivity index (χ3n) is 2.91. The summed E-state index contributed by atoms with van der Waals surface area (Å²) in [5, 5.41) is 0. The summed E-state index contributed by atoms with van der Waals surface area (Å²) in [6.45, 7) is 7.53. The highest BCUT2D eigenvalue weighted by Crippen LogP contribution is 2.13. The molecule has 0 aromatic carbocycles. The lowest BCUT2D eigenvalue weighted by molar-refractivity contribution is 0.654. The Hall–Kier alpha value is 0.651. The Kier molecular flexibility index (Phi) is 7.48. The Morgan fingerprint density at radius 2 is 1.67 bits per heavy atom.